The molecule has 0 N–H and O–H groups in total. The molecule has 0 aliphatic carbocycles. The zero-order chi connectivity index (χ0) is 27.3. The summed E-state index contributed by atoms with van der Waals surface area (Å²) in [5, 5.41) is 0.569. The van der Waals surface area contributed by atoms with Gasteiger partial charge in [-0.05, 0) is 76.1 Å². The number of likely N-dealkylation sites (N-methyl/N-ethyl adjacent to an activating group) is 1. The molecule has 0 fully saturated rings. The summed E-state index contributed by atoms with van der Waals surface area (Å²) in [6.45, 7) is 13.7. The first-order valence-electron chi connectivity index (χ1n) is 12.4. The Bertz CT molecular complexity index is 1560. The van der Waals surface area contributed by atoms with Crippen LogP contribution in [0.5, 0.6) is 0 Å². The van der Waals surface area contributed by atoms with Crippen LogP contribution in [0.1, 0.15) is 51.3 Å². The van der Waals surface area contributed by atoms with Crippen LogP contribution in [0.15, 0.2) is 76.3 Å². The van der Waals surface area contributed by atoms with Gasteiger partial charge in [0.25, 0.3) is 0 Å². The van der Waals surface area contributed by atoms with Gasteiger partial charge in [-0.15, -0.1) is 4.58 Å². The third kappa shape index (κ3) is 4.58. The van der Waals surface area contributed by atoms with Crippen LogP contribution >= 0.6 is 11.6 Å². The third-order valence-electron chi connectivity index (χ3n) is 7.49. The number of aryl methyl sites for hydroxylation is 1. The predicted octanol–water partition coefficient (Wildman–Crippen LogP) is 6.75. The molecular formula is C31H34ClN2O2S+. The summed E-state index contributed by atoms with van der Waals surface area (Å²) < 4.78 is 26.0. The maximum absolute atomic E-state index is 12.1. The molecule has 2 heterocycles. The zero-order valence-electron chi connectivity index (χ0n) is 22.6. The molecule has 192 valence electrons. The van der Waals surface area contributed by atoms with Gasteiger partial charge in [-0.1, -0.05) is 43.1 Å². The molecule has 37 heavy (non-hydrogen) atoms. The van der Waals surface area contributed by atoms with Crippen LogP contribution in [0.2, 0.25) is 0 Å². The van der Waals surface area contributed by atoms with Crippen molar-refractivity contribution in [3.63, 3.8) is 0 Å². The Labute approximate surface area is 226 Å². The van der Waals surface area contributed by atoms with Gasteiger partial charge in [-0.25, -0.2) is 8.42 Å². The molecule has 4 nitrogen and oxygen atoms in total. The lowest BCUT2D eigenvalue weighted by Crippen LogP contribution is -2.26. The Balaban J connectivity index is 1.69. The van der Waals surface area contributed by atoms with E-state index >= 15 is 0 Å². The van der Waals surface area contributed by atoms with Gasteiger partial charge in [0.2, 0.25) is 17.4 Å². The molecule has 4 rings (SSSR count). The minimum absolute atomic E-state index is 0.143. The minimum atomic E-state index is -3.33. The van der Waals surface area contributed by atoms with E-state index in [2.05, 4.69) is 62.9 Å². The molecule has 0 saturated carbocycles. The van der Waals surface area contributed by atoms with Gasteiger partial charge in [-0.3, -0.25) is 0 Å². The van der Waals surface area contributed by atoms with Crippen molar-refractivity contribution in [1.82, 2.24) is 0 Å². The van der Waals surface area contributed by atoms with Crippen molar-refractivity contribution >= 4 is 38.5 Å². The van der Waals surface area contributed by atoms with Crippen molar-refractivity contribution in [2.75, 3.05) is 17.7 Å². The summed E-state index contributed by atoms with van der Waals surface area (Å²) in [6, 6.07) is 14.5. The van der Waals surface area contributed by atoms with Crippen LogP contribution in [-0.2, 0) is 20.7 Å². The normalized spacial score (nSPS) is 19.5. The fraction of sp³-hybridized carbons (Fsp3) is 0.323. The van der Waals surface area contributed by atoms with Crippen molar-refractivity contribution in [3.8, 4) is 12.5 Å². The number of hydrogen-bond acceptors (Lipinski definition) is 3. The Morgan fingerprint density at radius 1 is 1.11 bits per heavy atom. The van der Waals surface area contributed by atoms with Gasteiger partial charge in [0.1, 0.15) is 0 Å². The van der Waals surface area contributed by atoms with Crippen LogP contribution in [0, 0.1) is 19.4 Å². The molecule has 6 heteroatoms. The average molecular weight is 534 g/mol. The van der Waals surface area contributed by atoms with E-state index in [1.807, 2.05) is 32.1 Å². The zero-order valence-corrected chi connectivity index (χ0v) is 24.1. The van der Waals surface area contributed by atoms with E-state index in [1.165, 1.54) is 28.8 Å². The highest BCUT2D eigenvalue weighted by atomic mass is 35.5. The quantitative estimate of drug-likeness (QED) is 0.242. The van der Waals surface area contributed by atoms with Gasteiger partial charge in [0.05, 0.1) is 10.3 Å². The third-order valence-corrected chi connectivity index (χ3v) is 8.85. The number of benzene rings is 2. The second kappa shape index (κ2) is 9.35. The lowest BCUT2D eigenvalue weighted by Gasteiger charge is -2.25. The smallest absolute Gasteiger partial charge is 0.225 e. The number of nitrogens with zero attached hydrogens (tertiary/aromatic N) is 2. The van der Waals surface area contributed by atoms with E-state index in [0.717, 1.165) is 23.5 Å². The Hall–Kier alpha value is -3.07. The van der Waals surface area contributed by atoms with Crippen molar-refractivity contribution in [1.29, 1.82) is 0 Å². The monoisotopic (exact) mass is 533 g/mol. The van der Waals surface area contributed by atoms with E-state index in [9.17, 15) is 8.42 Å². The molecular weight excluding hydrogens is 500 g/mol. The van der Waals surface area contributed by atoms with Crippen molar-refractivity contribution in [2.45, 2.75) is 57.3 Å². The second-order valence-electron chi connectivity index (χ2n) is 10.8. The lowest BCUT2D eigenvalue weighted by molar-refractivity contribution is -0.332. The number of sulfone groups is 1. The van der Waals surface area contributed by atoms with Gasteiger partial charge in [0.15, 0.2) is 9.84 Å². The van der Waals surface area contributed by atoms with Crippen LogP contribution in [0.4, 0.5) is 11.4 Å². The average Bonchev–Trinajstić information content (AvgIpc) is 3.17. The maximum atomic E-state index is 12.1. The second-order valence-corrected chi connectivity index (χ2v) is 13.2. The first-order chi connectivity index (χ1) is 17.2. The highest BCUT2D eigenvalue weighted by molar-refractivity contribution is 7.90. The van der Waals surface area contributed by atoms with Gasteiger partial charge in [0, 0.05) is 52.3 Å². The maximum Gasteiger partial charge on any atom is 0.225 e. The number of rotatable bonds is 5. The molecule has 0 amide bonds. The van der Waals surface area contributed by atoms with E-state index in [1.54, 1.807) is 22.8 Å². The summed E-state index contributed by atoms with van der Waals surface area (Å²) >= 11 is 6.69. The molecule has 0 radical (unpaired) electrons. The Kier molecular flexibility index (Phi) is 6.82. The van der Waals surface area contributed by atoms with E-state index < -0.39 is 15.3 Å². The number of hydrogen-bond donors (Lipinski definition) is 0. The van der Waals surface area contributed by atoms with Crippen LogP contribution < -0.4 is 4.90 Å². The molecule has 0 spiro atoms. The van der Waals surface area contributed by atoms with Crippen LogP contribution in [0.25, 0.3) is 0 Å². The number of terminal acetylenes is 1. The molecule has 0 bridgehead atoms. The summed E-state index contributed by atoms with van der Waals surface area (Å²) in [5.74, 6) is 0. The first kappa shape index (κ1) is 27.0. The highest BCUT2D eigenvalue weighted by Gasteiger charge is 2.45. The molecule has 2 aliphatic heterocycles. The highest BCUT2D eigenvalue weighted by Crippen LogP contribution is 2.48. The van der Waals surface area contributed by atoms with Crippen molar-refractivity contribution < 1.29 is 13.0 Å². The van der Waals surface area contributed by atoms with Crippen molar-refractivity contribution in [3.05, 3.63) is 88.1 Å². The number of fused-ring (bicyclic) bond motifs is 2. The lowest BCUT2D eigenvalue weighted by atomic mass is 9.81. The predicted molar refractivity (Wildman–Crippen MR) is 155 cm³/mol. The summed E-state index contributed by atoms with van der Waals surface area (Å²) in [6.07, 6.45) is 14.9. The molecule has 2 aromatic rings. The first-order valence-corrected chi connectivity index (χ1v) is 14.6. The summed E-state index contributed by atoms with van der Waals surface area (Å²) in [7, 11) is -3.33. The standard InChI is InChI=1S/C31H34ClN2O2S/c1-9-33-26-15-11-21(3)19-24(26)30(4,5)28(33)17-12-22(32)13-18-29-31(6,7)25-20-23(37(8,35)36)14-16-27(25)34(29)10-2/h2,11-20H,9H2,1,3-8H3/q+1. The van der Waals surface area contributed by atoms with E-state index in [0.29, 0.717) is 5.03 Å². The Morgan fingerprint density at radius 3 is 2.43 bits per heavy atom. The largest absolute Gasteiger partial charge is 0.344 e. The summed E-state index contributed by atoms with van der Waals surface area (Å²) in [4.78, 5) is 2.62. The van der Waals surface area contributed by atoms with Crippen molar-refractivity contribution in [2.24, 2.45) is 0 Å². The molecule has 0 saturated heterocycles. The number of anilines is 1. The fourth-order valence-corrected chi connectivity index (χ4v) is 6.19. The van der Waals surface area contributed by atoms with E-state index in [-0.39, 0.29) is 10.3 Å². The topological polar surface area (TPSA) is 40.4 Å². The van der Waals surface area contributed by atoms with Crippen LogP contribution in [0.3, 0.4) is 0 Å². The molecule has 0 aromatic heterocycles. The minimum Gasteiger partial charge on any atom is -0.344 e. The fourth-order valence-electron chi connectivity index (χ4n) is 5.41. The van der Waals surface area contributed by atoms with Gasteiger partial charge in [-0.2, -0.15) is 0 Å². The Morgan fingerprint density at radius 2 is 1.81 bits per heavy atom. The number of allylic oxidation sites excluding steroid dienone is 6. The van der Waals surface area contributed by atoms with Gasteiger partial charge < -0.3 is 4.90 Å². The van der Waals surface area contributed by atoms with E-state index in [4.69, 9.17) is 18.0 Å². The number of halogens is 1. The van der Waals surface area contributed by atoms with Crippen LogP contribution in [-0.4, -0.2) is 31.5 Å². The molecule has 2 aromatic carbocycles. The molecule has 0 unspecified atom stereocenters. The summed E-state index contributed by atoms with van der Waals surface area (Å²) in [5.41, 5.74) is 6.89. The molecule has 2 aliphatic rings. The SMILES string of the molecule is C#C[N+]1=C(C=CC(Cl)=CC=C2N(CC)c3ccc(C)cc3C2(C)C)C(C)(C)c2cc(S(C)(=O)=O)ccc21. The molecule has 0 atom stereocenters. The van der Waals surface area contributed by atoms with Gasteiger partial charge >= 0.3 is 0 Å².